The van der Waals surface area contributed by atoms with Gasteiger partial charge in [0.05, 0.1) is 12.2 Å². The Balaban J connectivity index is 1.64. The van der Waals surface area contributed by atoms with E-state index in [1.165, 1.54) is 57.8 Å². The fourth-order valence-corrected chi connectivity index (χ4v) is 6.03. The molecule has 3 saturated carbocycles. The van der Waals surface area contributed by atoms with Gasteiger partial charge in [-0.05, 0) is 49.9 Å². The van der Waals surface area contributed by atoms with Crippen LogP contribution in [0.25, 0.3) is 0 Å². The average Bonchev–Trinajstić information content (AvgIpc) is 2.63. The van der Waals surface area contributed by atoms with E-state index in [2.05, 4.69) is 20.8 Å². The maximum atomic E-state index is 6.67. The first-order valence-corrected chi connectivity index (χ1v) is 9.64. The maximum absolute atomic E-state index is 6.67. The Morgan fingerprint density at radius 1 is 0.952 bits per heavy atom. The Kier molecular flexibility index (Phi) is 4.64. The zero-order valence-corrected chi connectivity index (χ0v) is 14.9. The highest BCUT2D eigenvalue weighted by Gasteiger charge is 2.55. The molecule has 0 heterocycles. The Labute approximate surface area is 136 Å². The lowest BCUT2D eigenvalue weighted by Crippen LogP contribution is -2.57. The van der Waals surface area contributed by atoms with E-state index in [9.17, 15) is 0 Å². The van der Waals surface area contributed by atoms with Gasteiger partial charge in [-0.3, -0.25) is 0 Å². The molecule has 0 aliphatic heterocycles. The molecule has 1 spiro atoms. The lowest BCUT2D eigenvalue weighted by molar-refractivity contribution is -0.164. The normalized spacial score (nSPS) is 42.3. The summed E-state index contributed by atoms with van der Waals surface area (Å²) < 4.78 is 6.67. The largest absolute Gasteiger partial charge is 0.374 e. The molecule has 0 radical (unpaired) electrons. The first-order chi connectivity index (χ1) is 9.91. The Bertz CT molecular complexity index is 357. The van der Waals surface area contributed by atoms with Gasteiger partial charge in [-0.1, -0.05) is 46.5 Å². The Hall–Kier alpha value is 0.250. The Morgan fingerprint density at radius 2 is 1.62 bits per heavy atom. The first kappa shape index (κ1) is 16.1. The van der Waals surface area contributed by atoms with E-state index in [0.29, 0.717) is 28.4 Å². The maximum Gasteiger partial charge on any atom is 0.0663 e. The highest BCUT2D eigenvalue weighted by atomic mass is 35.5. The fraction of sp³-hybridized carbons (Fsp3) is 1.00. The van der Waals surface area contributed by atoms with Gasteiger partial charge in [0.15, 0.2) is 0 Å². The van der Waals surface area contributed by atoms with E-state index in [1.54, 1.807) is 0 Å². The van der Waals surface area contributed by atoms with Crippen LogP contribution < -0.4 is 0 Å². The summed E-state index contributed by atoms with van der Waals surface area (Å²) >= 11 is 6.67. The second-order valence-electron chi connectivity index (χ2n) is 9.01. The summed E-state index contributed by atoms with van der Waals surface area (Å²) in [5.74, 6) is 0.802. The van der Waals surface area contributed by atoms with Crippen molar-refractivity contribution in [3.63, 3.8) is 0 Å². The van der Waals surface area contributed by atoms with Crippen LogP contribution in [0.2, 0.25) is 0 Å². The predicted molar refractivity (Wildman–Crippen MR) is 89.9 cm³/mol. The molecule has 0 aromatic rings. The lowest BCUT2D eigenvalue weighted by Gasteiger charge is -2.55. The number of ether oxygens (including phenoxy) is 1. The van der Waals surface area contributed by atoms with Gasteiger partial charge in [0.1, 0.15) is 0 Å². The van der Waals surface area contributed by atoms with E-state index in [1.807, 2.05) is 0 Å². The Morgan fingerprint density at radius 3 is 2.19 bits per heavy atom. The smallest absolute Gasteiger partial charge is 0.0663 e. The van der Waals surface area contributed by atoms with Crippen molar-refractivity contribution in [1.29, 1.82) is 0 Å². The van der Waals surface area contributed by atoms with Crippen LogP contribution in [-0.4, -0.2) is 17.6 Å². The molecule has 0 bridgehead atoms. The molecule has 0 amide bonds. The third kappa shape index (κ3) is 3.29. The molecule has 0 aromatic heterocycles. The van der Waals surface area contributed by atoms with Crippen LogP contribution in [-0.2, 0) is 4.74 Å². The van der Waals surface area contributed by atoms with Gasteiger partial charge in [0.2, 0.25) is 0 Å². The van der Waals surface area contributed by atoms with Crippen molar-refractivity contribution in [2.75, 3.05) is 0 Å². The van der Waals surface area contributed by atoms with Crippen molar-refractivity contribution in [2.45, 2.75) is 103 Å². The molecule has 122 valence electrons. The highest BCUT2D eigenvalue weighted by Crippen LogP contribution is 2.56. The summed E-state index contributed by atoms with van der Waals surface area (Å²) in [6.07, 6.45) is 14.0. The van der Waals surface area contributed by atoms with Gasteiger partial charge in [-0.25, -0.2) is 0 Å². The monoisotopic (exact) mass is 312 g/mol. The van der Waals surface area contributed by atoms with E-state index < -0.39 is 0 Å². The molecule has 0 aromatic carbocycles. The van der Waals surface area contributed by atoms with E-state index in [0.717, 1.165) is 12.3 Å². The number of halogens is 1. The van der Waals surface area contributed by atoms with Crippen LogP contribution in [0.3, 0.4) is 0 Å². The summed E-state index contributed by atoms with van der Waals surface area (Å²) in [6.45, 7) is 7.21. The van der Waals surface area contributed by atoms with Crippen molar-refractivity contribution in [2.24, 2.45) is 16.7 Å². The first-order valence-electron chi connectivity index (χ1n) is 9.21. The van der Waals surface area contributed by atoms with Crippen molar-refractivity contribution in [3.05, 3.63) is 0 Å². The van der Waals surface area contributed by atoms with E-state index in [4.69, 9.17) is 16.3 Å². The van der Waals surface area contributed by atoms with E-state index >= 15 is 0 Å². The van der Waals surface area contributed by atoms with Gasteiger partial charge in [-0.2, -0.15) is 0 Å². The number of hydrogen-bond acceptors (Lipinski definition) is 1. The number of alkyl halides is 1. The van der Waals surface area contributed by atoms with Crippen molar-refractivity contribution < 1.29 is 4.74 Å². The molecule has 3 aliphatic carbocycles. The molecule has 3 fully saturated rings. The van der Waals surface area contributed by atoms with Crippen LogP contribution in [0.1, 0.15) is 85.0 Å². The molecular formula is C19H33ClO. The highest BCUT2D eigenvalue weighted by molar-refractivity contribution is 6.21. The quantitative estimate of drug-likeness (QED) is 0.573. The number of rotatable bonds is 2. The molecule has 4 atom stereocenters. The topological polar surface area (TPSA) is 9.23 Å². The second-order valence-corrected chi connectivity index (χ2v) is 9.54. The molecule has 3 rings (SSSR count). The molecular weight excluding hydrogens is 280 g/mol. The lowest BCUT2D eigenvalue weighted by atomic mass is 9.61. The number of hydrogen-bond donors (Lipinski definition) is 0. The summed E-state index contributed by atoms with van der Waals surface area (Å²) in [5.41, 5.74) is 0.770. The summed E-state index contributed by atoms with van der Waals surface area (Å²) in [7, 11) is 0. The van der Waals surface area contributed by atoms with Crippen LogP contribution in [0, 0.1) is 16.7 Å². The van der Waals surface area contributed by atoms with Crippen molar-refractivity contribution >= 4 is 11.6 Å². The van der Waals surface area contributed by atoms with Gasteiger partial charge >= 0.3 is 0 Å². The molecule has 3 aliphatic rings. The molecule has 2 heteroatoms. The van der Waals surface area contributed by atoms with Crippen LogP contribution in [0.5, 0.6) is 0 Å². The van der Waals surface area contributed by atoms with Crippen LogP contribution in [0.4, 0.5) is 0 Å². The standard InChI is InChI=1S/C19H33ClO/c1-14-10-15(13-18(2,3)12-14)21-17-11-16(20)19(17)8-6-4-5-7-9-19/h14-17H,4-13H2,1-3H3. The van der Waals surface area contributed by atoms with Gasteiger partial charge in [-0.15, -0.1) is 11.6 Å². The van der Waals surface area contributed by atoms with Gasteiger partial charge in [0.25, 0.3) is 0 Å². The van der Waals surface area contributed by atoms with Gasteiger partial charge < -0.3 is 4.74 Å². The van der Waals surface area contributed by atoms with Gasteiger partial charge in [0, 0.05) is 10.8 Å². The summed E-state index contributed by atoms with van der Waals surface area (Å²) in [6, 6.07) is 0. The average molecular weight is 313 g/mol. The fourth-order valence-electron chi connectivity index (χ4n) is 5.51. The third-order valence-corrected chi connectivity index (χ3v) is 7.04. The SMILES string of the molecule is CC1CC(OC2CC(Cl)C23CCCCCC3)CC(C)(C)C1. The third-order valence-electron chi connectivity index (χ3n) is 6.42. The van der Waals surface area contributed by atoms with Crippen LogP contribution >= 0.6 is 11.6 Å². The second kappa shape index (κ2) is 6.04. The summed E-state index contributed by atoms with van der Waals surface area (Å²) in [4.78, 5) is 0. The summed E-state index contributed by atoms with van der Waals surface area (Å²) in [5, 5.41) is 0.370. The molecule has 1 nitrogen and oxygen atoms in total. The van der Waals surface area contributed by atoms with Crippen LogP contribution in [0.15, 0.2) is 0 Å². The minimum absolute atomic E-state index is 0.322. The minimum atomic E-state index is 0.322. The molecule has 0 N–H and O–H groups in total. The van der Waals surface area contributed by atoms with Crippen molar-refractivity contribution in [1.82, 2.24) is 0 Å². The van der Waals surface area contributed by atoms with Crippen molar-refractivity contribution in [3.8, 4) is 0 Å². The van der Waals surface area contributed by atoms with E-state index in [-0.39, 0.29) is 0 Å². The molecule has 4 unspecified atom stereocenters. The zero-order chi connectivity index (χ0) is 15.1. The molecule has 21 heavy (non-hydrogen) atoms. The molecule has 0 saturated heterocycles. The zero-order valence-electron chi connectivity index (χ0n) is 14.2. The predicted octanol–water partition coefficient (Wildman–Crippen LogP) is 5.94. The minimum Gasteiger partial charge on any atom is -0.374 e.